The number of carbonyl (C=O) groups excluding carboxylic acids is 1. The van der Waals surface area contributed by atoms with Crippen LogP contribution in [0.5, 0.6) is 0 Å². The maximum atomic E-state index is 11.7. The number of carbonyl (C=O) groups is 1. The van der Waals surface area contributed by atoms with Gasteiger partial charge in [-0.2, -0.15) is 0 Å². The number of hydrogen-bond donors (Lipinski definition) is 2. The van der Waals surface area contributed by atoms with Crippen LogP contribution in [0.3, 0.4) is 0 Å². The molecule has 2 N–H and O–H groups in total. The second-order valence-electron chi connectivity index (χ2n) is 3.27. The van der Waals surface area contributed by atoms with Gasteiger partial charge in [-0.05, 0) is 28.9 Å². The van der Waals surface area contributed by atoms with Gasteiger partial charge in [-0.1, -0.05) is 0 Å². The Kier molecular flexibility index (Phi) is 3.71. The van der Waals surface area contributed by atoms with Crippen molar-refractivity contribution >= 4 is 21.8 Å². The van der Waals surface area contributed by atoms with Crippen molar-refractivity contribution in [1.29, 1.82) is 0 Å². The number of aromatic nitrogens is 1. The molecule has 0 radical (unpaired) electrons. The van der Waals surface area contributed by atoms with Gasteiger partial charge in [0.25, 0.3) is 5.91 Å². The molecule has 0 aliphatic heterocycles. The summed E-state index contributed by atoms with van der Waals surface area (Å²) >= 11 is 3.25. The lowest BCUT2D eigenvalue weighted by atomic mass is 10.3. The Labute approximate surface area is 91.0 Å². The maximum absolute atomic E-state index is 11.7. The topological polar surface area (TPSA) is 56.3 Å². The highest BCUT2D eigenvalue weighted by molar-refractivity contribution is 9.10. The third-order valence-corrected chi connectivity index (χ3v) is 2.22. The van der Waals surface area contributed by atoms with Crippen molar-refractivity contribution in [3.8, 4) is 0 Å². The first-order chi connectivity index (χ1) is 6.50. The fraction of sp³-hybridized carbons (Fsp3) is 0.444. The predicted octanol–water partition coefficient (Wildman–Crippen LogP) is 1.23. The van der Waals surface area contributed by atoms with Gasteiger partial charge < -0.3 is 15.0 Å². The Morgan fingerprint density at radius 3 is 2.86 bits per heavy atom. The molecule has 1 aromatic heterocycles. The molecule has 0 aliphatic rings. The summed E-state index contributed by atoms with van der Waals surface area (Å²) in [6.45, 7) is 1.98. The molecule has 14 heavy (non-hydrogen) atoms. The van der Waals surface area contributed by atoms with E-state index in [1.165, 1.54) is 4.90 Å². The molecule has 1 amide bonds. The summed E-state index contributed by atoms with van der Waals surface area (Å²) in [5.41, 5.74) is 0.514. The van der Waals surface area contributed by atoms with Crippen LogP contribution in [0, 0.1) is 0 Å². The van der Waals surface area contributed by atoms with Crippen LogP contribution in [0.15, 0.2) is 16.7 Å². The van der Waals surface area contributed by atoms with Crippen LogP contribution >= 0.6 is 15.9 Å². The van der Waals surface area contributed by atoms with E-state index < -0.39 is 6.10 Å². The highest BCUT2D eigenvalue weighted by atomic mass is 79.9. The van der Waals surface area contributed by atoms with Crippen molar-refractivity contribution < 1.29 is 9.90 Å². The summed E-state index contributed by atoms with van der Waals surface area (Å²) in [5.74, 6) is -0.128. The van der Waals surface area contributed by atoms with Crippen LogP contribution in [0.2, 0.25) is 0 Å². The first-order valence-electron chi connectivity index (χ1n) is 4.28. The van der Waals surface area contributed by atoms with Gasteiger partial charge in [-0.15, -0.1) is 0 Å². The van der Waals surface area contributed by atoms with Crippen molar-refractivity contribution in [2.45, 2.75) is 13.0 Å². The highest BCUT2D eigenvalue weighted by Crippen LogP contribution is 2.11. The number of hydrogen-bond acceptors (Lipinski definition) is 2. The molecule has 1 atom stereocenters. The summed E-state index contributed by atoms with van der Waals surface area (Å²) in [6.07, 6.45) is 1.19. The molecule has 4 nitrogen and oxygen atoms in total. The molecule has 0 bridgehead atoms. The van der Waals surface area contributed by atoms with Crippen LogP contribution in [-0.2, 0) is 0 Å². The van der Waals surface area contributed by atoms with Crippen LogP contribution in [0.25, 0.3) is 0 Å². The van der Waals surface area contributed by atoms with Crippen molar-refractivity contribution in [2.24, 2.45) is 0 Å². The van der Waals surface area contributed by atoms with Crippen molar-refractivity contribution in [3.63, 3.8) is 0 Å². The van der Waals surface area contributed by atoms with E-state index in [0.717, 1.165) is 4.47 Å². The minimum Gasteiger partial charge on any atom is -0.392 e. The van der Waals surface area contributed by atoms with Gasteiger partial charge in [0.1, 0.15) is 5.69 Å². The summed E-state index contributed by atoms with van der Waals surface area (Å²) in [4.78, 5) is 16.0. The minimum atomic E-state index is -0.512. The fourth-order valence-electron chi connectivity index (χ4n) is 1.18. The Morgan fingerprint density at radius 2 is 2.43 bits per heavy atom. The molecular weight excluding hydrogens is 248 g/mol. The first kappa shape index (κ1) is 11.3. The van der Waals surface area contributed by atoms with Gasteiger partial charge in [0.15, 0.2) is 0 Å². The number of nitrogens with zero attached hydrogens (tertiary/aromatic N) is 1. The molecular formula is C9H13BrN2O2. The normalized spacial score (nSPS) is 12.6. The van der Waals surface area contributed by atoms with Crippen LogP contribution in [0.4, 0.5) is 0 Å². The molecule has 1 unspecified atom stereocenters. The number of rotatable bonds is 3. The van der Waals surface area contributed by atoms with Crippen LogP contribution < -0.4 is 0 Å². The molecule has 0 spiro atoms. The molecule has 0 fully saturated rings. The lowest BCUT2D eigenvalue weighted by Gasteiger charge is -2.17. The monoisotopic (exact) mass is 260 g/mol. The third kappa shape index (κ3) is 2.85. The lowest BCUT2D eigenvalue weighted by molar-refractivity contribution is 0.0699. The van der Waals surface area contributed by atoms with E-state index in [1.807, 2.05) is 0 Å². The van der Waals surface area contributed by atoms with Crippen molar-refractivity contribution in [3.05, 3.63) is 22.4 Å². The molecule has 78 valence electrons. The number of aromatic amines is 1. The van der Waals surface area contributed by atoms with Gasteiger partial charge in [-0.3, -0.25) is 4.79 Å². The zero-order chi connectivity index (χ0) is 10.7. The second-order valence-corrected chi connectivity index (χ2v) is 4.18. The smallest absolute Gasteiger partial charge is 0.270 e. The Balaban J connectivity index is 2.65. The molecule has 5 heteroatoms. The predicted molar refractivity (Wildman–Crippen MR) is 57.1 cm³/mol. The largest absolute Gasteiger partial charge is 0.392 e. The zero-order valence-corrected chi connectivity index (χ0v) is 9.71. The number of aliphatic hydroxyl groups excluding tert-OH is 1. The molecule has 0 saturated heterocycles. The van der Waals surface area contributed by atoms with E-state index >= 15 is 0 Å². The zero-order valence-electron chi connectivity index (χ0n) is 8.12. The number of aliphatic hydroxyl groups is 1. The molecule has 1 heterocycles. The molecule has 0 aliphatic carbocycles. The minimum absolute atomic E-state index is 0.128. The average molecular weight is 261 g/mol. The van der Waals surface area contributed by atoms with Crippen molar-refractivity contribution in [1.82, 2.24) is 9.88 Å². The molecule has 0 aromatic carbocycles. The Bertz CT molecular complexity index is 322. The van der Waals surface area contributed by atoms with Crippen LogP contribution in [-0.4, -0.2) is 40.6 Å². The maximum Gasteiger partial charge on any atom is 0.270 e. The number of nitrogens with one attached hydrogen (secondary N) is 1. The molecule has 1 aromatic rings. The number of amides is 1. The quantitative estimate of drug-likeness (QED) is 0.859. The van der Waals surface area contributed by atoms with E-state index in [2.05, 4.69) is 20.9 Å². The lowest BCUT2D eigenvalue weighted by Crippen LogP contribution is -2.33. The average Bonchev–Trinajstić information content (AvgIpc) is 2.49. The van der Waals surface area contributed by atoms with Gasteiger partial charge in [0.05, 0.1) is 6.10 Å². The SMILES string of the molecule is CC(O)CN(C)C(=O)c1cc(Br)c[nH]1. The molecule has 0 saturated carbocycles. The number of H-pyrrole nitrogens is 1. The van der Waals surface area contributed by atoms with Crippen LogP contribution in [0.1, 0.15) is 17.4 Å². The van der Waals surface area contributed by atoms with Crippen molar-refractivity contribution in [2.75, 3.05) is 13.6 Å². The van der Waals surface area contributed by atoms with Gasteiger partial charge in [0.2, 0.25) is 0 Å². The summed E-state index contributed by atoms with van der Waals surface area (Å²) in [7, 11) is 1.66. The highest BCUT2D eigenvalue weighted by Gasteiger charge is 2.14. The van der Waals surface area contributed by atoms with E-state index in [1.54, 1.807) is 26.2 Å². The first-order valence-corrected chi connectivity index (χ1v) is 5.07. The Morgan fingerprint density at radius 1 is 1.79 bits per heavy atom. The number of halogens is 1. The van der Waals surface area contributed by atoms with E-state index in [0.29, 0.717) is 12.2 Å². The van der Waals surface area contributed by atoms with E-state index in [4.69, 9.17) is 5.11 Å². The van der Waals surface area contributed by atoms with E-state index in [9.17, 15) is 4.79 Å². The Hall–Kier alpha value is -0.810. The van der Waals surface area contributed by atoms with Gasteiger partial charge in [0, 0.05) is 24.3 Å². The molecule has 1 rings (SSSR count). The summed E-state index contributed by atoms with van der Waals surface area (Å²) < 4.78 is 0.839. The van der Waals surface area contributed by atoms with Gasteiger partial charge in [-0.25, -0.2) is 0 Å². The third-order valence-electron chi connectivity index (χ3n) is 1.76. The fourth-order valence-corrected chi connectivity index (χ4v) is 1.52. The van der Waals surface area contributed by atoms with Gasteiger partial charge >= 0.3 is 0 Å². The summed E-state index contributed by atoms with van der Waals surface area (Å²) in [6, 6.07) is 1.71. The second kappa shape index (κ2) is 4.61. The standard InChI is InChI=1S/C9H13BrN2O2/c1-6(13)5-12(2)9(14)8-3-7(10)4-11-8/h3-4,6,11,13H,5H2,1-2H3. The summed E-state index contributed by atoms with van der Waals surface area (Å²) in [5, 5.41) is 9.11. The number of likely N-dealkylation sites (N-methyl/N-ethyl adjacent to an activating group) is 1. The van der Waals surface area contributed by atoms with E-state index in [-0.39, 0.29) is 5.91 Å².